The van der Waals surface area contributed by atoms with Crippen molar-refractivity contribution in [1.29, 1.82) is 0 Å². The second-order valence-corrected chi connectivity index (χ2v) is 7.42. The van der Waals surface area contributed by atoms with Crippen molar-refractivity contribution < 1.29 is 23.9 Å². The molecule has 1 N–H and O–H groups in total. The maximum absolute atomic E-state index is 12.5. The number of rotatable bonds is 5. The number of fused-ring (bicyclic) bond motifs is 5. The molecule has 0 aliphatic carbocycles. The van der Waals surface area contributed by atoms with Gasteiger partial charge in [0.15, 0.2) is 10.9 Å². The first-order chi connectivity index (χ1) is 12.0. The van der Waals surface area contributed by atoms with E-state index >= 15 is 0 Å². The van der Waals surface area contributed by atoms with E-state index in [1.165, 1.54) is 11.8 Å². The Morgan fingerprint density at radius 2 is 1.92 bits per heavy atom. The van der Waals surface area contributed by atoms with E-state index in [0.717, 1.165) is 24.2 Å². The average Bonchev–Trinajstić information content (AvgIpc) is 3.31. The molecule has 0 spiro atoms. The third-order valence-corrected chi connectivity index (χ3v) is 5.81. The van der Waals surface area contributed by atoms with Gasteiger partial charge in [0, 0.05) is 25.3 Å². The van der Waals surface area contributed by atoms with Crippen LogP contribution in [-0.2, 0) is 19.1 Å². The first kappa shape index (κ1) is 16.3. The van der Waals surface area contributed by atoms with Crippen molar-refractivity contribution in [2.24, 2.45) is 11.8 Å². The molecule has 4 unspecified atom stereocenters. The Morgan fingerprint density at radius 1 is 1.28 bits per heavy atom. The minimum Gasteiger partial charge on any atom is -0.373 e. The van der Waals surface area contributed by atoms with Gasteiger partial charge in [-0.15, -0.1) is 11.3 Å². The van der Waals surface area contributed by atoms with E-state index in [1.54, 1.807) is 5.38 Å². The van der Waals surface area contributed by atoms with Crippen molar-refractivity contribution in [2.45, 2.75) is 38.4 Å². The third kappa shape index (κ3) is 2.67. The van der Waals surface area contributed by atoms with Crippen LogP contribution < -0.4 is 5.32 Å². The van der Waals surface area contributed by atoms with Crippen LogP contribution in [0.5, 0.6) is 0 Å². The fourth-order valence-corrected chi connectivity index (χ4v) is 4.65. The Morgan fingerprint density at radius 3 is 2.48 bits per heavy atom. The number of likely N-dealkylation sites (tertiary alicyclic amines) is 1. The molecule has 3 amide bonds. The van der Waals surface area contributed by atoms with Crippen molar-refractivity contribution in [1.82, 2.24) is 9.88 Å². The summed E-state index contributed by atoms with van der Waals surface area (Å²) in [5.41, 5.74) is 0.300. The standard InChI is InChI=1S/C16H17N3O5S/c1-7(20)8-6-25-16(17-8)18-11(21)4-5-19-14(22)12-9-2-3-10(24-9)13(12)15(19)23/h6,9-10,12-13H,2-5H2,1H3,(H,17,18,21). The highest BCUT2D eigenvalue weighted by atomic mass is 32.1. The Hall–Kier alpha value is -2.13. The van der Waals surface area contributed by atoms with Gasteiger partial charge in [-0.25, -0.2) is 4.98 Å². The van der Waals surface area contributed by atoms with Gasteiger partial charge in [-0.2, -0.15) is 0 Å². The fraction of sp³-hybridized carbons (Fsp3) is 0.562. The number of imide groups is 1. The number of hydrogen-bond donors (Lipinski definition) is 1. The largest absolute Gasteiger partial charge is 0.373 e. The van der Waals surface area contributed by atoms with Crippen LogP contribution in [-0.4, -0.2) is 52.1 Å². The van der Waals surface area contributed by atoms with Crippen LogP contribution in [0, 0.1) is 11.8 Å². The SMILES string of the molecule is CC(=O)c1csc(NC(=O)CCN2C(=O)C3C4CCC(O4)C3C2=O)n1. The lowest BCUT2D eigenvalue weighted by Crippen LogP contribution is -2.36. The second-order valence-electron chi connectivity index (χ2n) is 6.56. The van der Waals surface area contributed by atoms with E-state index in [4.69, 9.17) is 4.74 Å². The van der Waals surface area contributed by atoms with E-state index in [0.29, 0.717) is 10.8 Å². The second kappa shape index (κ2) is 5.99. The lowest BCUT2D eigenvalue weighted by molar-refractivity contribution is -0.142. The van der Waals surface area contributed by atoms with Crippen LogP contribution in [0.25, 0.3) is 0 Å². The molecule has 0 radical (unpaired) electrons. The molecule has 8 nitrogen and oxygen atoms in total. The van der Waals surface area contributed by atoms with Crippen LogP contribution in [0.15, 0.2) is 5.38 Å². The highest BCUT2D eigenvalue weighted by Gasteiger charge is 2.62. The number of amides is 3. The quantitative estimate of drug-likeness (QED) is 0.614. The molecule has 3 saturated heterocycles. The first-order valence-electron chi connectivity index (χ1n) is 8.22. The molecule has 1 aromatic heterocycles. The molecule has 4 atom stereocenters. The van der Waals surface area contributed by atoms with Crippen molar-refractivity contribution in [3.63, 3.8) is 0 Å². The molecule has 2 bridgehead atoms. The summed E-state index contributed by atoms with van der Waals surface area (Å²) in [6.07, 6.45) is 1.35. The van der Waals surface area contributed by atoms with Gasteiger partial charge in [-0.05, 0) is 12.8 Å². The topological polar surface area (TPSA) is 106 Å². The molecule has 3 aliphatic rings. The van der Waals surface area contributed by atoms with Gasteiger partial charge in [0.2, 0.25) is 17.7 Å². The van der Waals surface area contributed by atoms with Crippen molar-refractivity contribution in [3.8, 4) is 0 Å². The van der Waals surface area contributed by atoms with E-state index in [9.17, 15) is 19.2 Å². The predicted molar refractivity (Wildman–Crippen MR) is 87.0 cm³/mol. The molecule has 9 heteroatoms. The van der Waals surface area contributed by atoms with Crippen LogP contribution in [0.2, 0.25) is 0 Å². The molecule has 4 rings (SSSR count). The zero-order chi connectivity index (χ0) is 17.7. The number of thiazole rings is 1. The van der Waals surface area contributed by atoms with Gasteiger partial charge in [0.05, 0.1) is 24.0 Å². The van der Waals surface area contributed by atoms with Gasteiger partial charge in [-0.3, -0.25) is 24.1 Å². The summed E-state index contributed by atoms with van der Waals surface area (Å²) >= 11 is 1.16. The van der Waals surface area contributed by atoms with Crippen molar-refractivity contribution in [3.05, 3.63) is 11.1 Å². The number of hydrogen-bond acceptors (Lipinski definition) is 7. The Kier molecular flexibility index (Phi) is 3.92. The minimum atomic E-state index is -0.369. The van der Waals surface area contributed by atoms with Gasteiger partial charge >= 0.3 is 0 Å². The van der Waals surface area contributed by atoms with Crippen LogP contribution in [0.3, 0.4) is 0 Å². The molecular formula is C16H17N3O5S. The Bertz CT molecular complexity index is 748. The lowest BCUT2D eigenvalue weighted by Gasteiger charge is -2.16. The van der Waals surface area contributed by atoms with Crippen molar-refractivity contribution >= 4 is 40.0 Å². The number of ketones is 1. The zero-order valence-corrected chi connectivity index (χ0v) is 14.4. The summed E-state index contributed by atoms with van der Waals surface area (Å²) in [6, 6.07) is 0. The number of ether oxygens (including phenoxy) is 1. The summed E-state index contributed by atoms with van der Waals surface area (Å²) in [5, 5.41) is 4.50. The highest BCUT2D eigenvalue weighted by molar-refractivity contribution is 7.14. The maximum atomic E-state index is 12.5. The molecule has 4 heterocycles. The lowest BCUT2D eigenvalue weighted by atomic mass is 9.81. The minimum absolute atomic E-state index is 0.00208. The van der Waals surface area contributed by atoms with Crippen LogP contribution >= 0.6 is 11.3 Å². The molecule has 0 aromatic carbocycles. The van der Waals surface area contributed by atoms with E-state index in [1.807, 2.05) is 0 Å². The van der Waals surface area contributed by atoms with Crippen LogP contribution in [0.4, 0.5) is 5.13 Å². The third-order valence-electron chi connectivity index (χ3n) is 5.05. The monoisotopic (exact) mass is 363 g/mol. The average molecular weight is 363 g/mol. The predicted octanol–water partition coefficient (Wildman–Crippen LogP) is 0.837. The molecular weight excluding hydrogens is 346 g/mol. The van der Waals surface area contributed by atoms with Gasteiger partial charge in [-0.1, -0.05) is 0 Å². The number of Topliss-reactive ketones (excluding diaryl/α,β-unsaturated/α-hetero) is 1. The summed E-state index contributed by atoms with van der Waals surface area (Å²) in [4.78, 5) is 53.4. The molecule has 1 aromatic rings. The Balaban J connectivity index is 1.35. The number of anilines is 1. The molecule has 3 fully saturated rings. The van der Waals surface area contributed by atoms with Crippen molar-refractivity contribution in [2.75, 3.05) is 11.9 Å². The Labute approximate surface area is 147 Å². The molecule has 0 saturated carbocycles. The maximum Gasteiger partial charge on any atom is 0.235 e. The number of carbonyl (C=O) groups excluding carboxylic acids is 4. The van der Waals surface area contributed by atoms with Gasteiger partial charge in [0.1, 0.15) is 5.69 Å². The summed E-state index contributed by atoms with van der Waals surface area (Å²) in [6.45, 7) is 1.46. The number of nitrogens with one attached hydrogen (secondary N) is 1. The van der Waals surface area contributed by atoms with E-state index < -0.39 is 0 Å². The highest BCUT2D eigenvalue weighted by Crippen LogP contribution is 2.48. The summed E-state index contributed by atoms with van der Waals surface area (Å²) < 4.78 is 5.67. The number of nitrogens with zero attached hydrogens (tertiary/aromatic N) is 2. The first-order valence-corrected chi connectivity index (χ1v) is 9.10. The molecule has 132 valence electrons. The summed E-state index contributed by atoms with van der Waals surface area (Å²) in [5.74, 6) is -1.70. The van der Waals surface area contributed by atoms with Crippen LogP contribution in [0.1, 0.15) is 36.7 Å². The normalized spacial score (nSPS) is 30.0. The smallest absolute Gasteiger partial charge is 0.235 e. The fourth-order valence-electron chi connectivity index (χ4n) is 3.88. The van der Waals surface area contributed by atoms with E-state index in [-0.39, 0.29) is 60.5 Å². The van der Waals surface area contributed by atoms with Gasteiger partial charge < -0.3 is 10.1 Å². The zero-order valence-electron chi connectivity index (χ0n) is 13.6. The molecule has 3 aliphatic heterocycles. The summed E-state index contributed by atoms with van der Waals surface area (Å²) in [7, 11) is 0. The number of aromatic nitrogens is 1. The number of carbonyl (C=O) groups is 4. The van der Waals surface area contributed by atoms with E-state index in [2.05, 4.69) is 10.3 Å². The van der Waals surface area contributed by atoms with Gasteiger partial charge in [0.25, 0.3) is 0 Å². The molecule has 25 heavy (non-hydrogen) atoms.